The molecule has 1 aromatic carbocycles. The van der Waals surface area contributed by atoms with Crippen LogP contribution in [0, 0.1) is 6.92 Å². The van der Waals surface area contributed by atoms with Crippen molar-refractivity contribution in [3.05, 3.63) is 51.5 Å². The van der Waals surface area contributed by atoms with Crippen molar-refractivity contribution in [2.24, 2.45) is 5.73 Å². The largest absolute Gasteiger partial charge is 0.434 e. The Kier molecular flexibility index (Phi) is 5.38. The standard InChI is InChI=1S/C15H16F3N3OS/c1-9-2-4-10(5-3-9)13(19)14(22)20-7-6-12-21-11(8-23-12)15(16,17)18/h2-5,8,13H,6-7,19H2,1H3,(H,20,22). The van der Waals surface area contributed by atoms with Crippen LogP contribution in [0.2, 0.25) is 0 Å². The van der Waals surface area contributed by atoms with Gasteiger partial charge in [-0.3, -0.25) is 4.79 Å². The Hall–Kier alpha value is -1.93. The van der Waals surface area contributed by atoms with Gasteiger partial charge in [-0.05, 0) is 12.5 Å². The molecule has 0 saturated heterocycles. The van der Waals surface area contributed by atoms with Gasteiger partial charge in [0.05, 0.1) is 5.01 Å². The van der Waals surface area contributed by atoms with E-state index in [4.69, 9.17) is 5.73 Å². The van der Waals surface area contributed by atoms with E-state index in [0.717, 1.165) is 22.3 Å². The lowest BCUT2D eigenvalue weighted by Gasteiger charge is -2.12. The maximum atomic E-state index is 12.4. The monoisotopic (exact) mass is 343 g/mol. The van der Waals surface area contributed by atoms with Gasteiger partial charge < -0.3 is 11.1 Å². The Bertz CT molecular complexity index is 667. The van der Waals surface area contributed by atoms with E-state index in [1.807, 2.05) is 19.1 Å². The topological polar surface area (TPSA) is 68.0 Å². The molecule has 1 atom stereocenters. The van der Waals surface area contributed by atoms with E-state index < -0.39 is 17.9 Å². The number of hydrogen-bond donors (Lipinski definition) is 2. The van der Waals surface area contributed by atoms with E-state index in [2.05, 4.69) is 10.3 Å². The Morgan fingerprint density at radius 2 is 2.00 bits per heavy atom. The van der Waals surface area contributed by atoms with Crippen molar-refractivity contribution in [1.82, 2.24) is 10.3 Å². The van der Waals surface area contributed by atoms with Crippen molar-refractivity contribution >= 4 is 17.2 Å². The first-order valence-corrected chi connectivity index (χ1v) is 7.77. The average Bonchev–Trinajstić information content (AvgIpc) is 2.96. The third kappa shape index (κ3) is 4.77. The van der Waals surface area contributed by atoms with Crippen molar-refractivity contribution in [3.8, 4) is 0 Å². The molecule has 0 radical (unpaired) electrons. The van der Waals surface area contributed by atoms with Crippen molar-refractivity contribution in [2.75, 3.05) is 6.54 Å². The number of aryl methyl sites for hydroxylation is 1. The van der Waals surface area contributed by atoms with Crippen LogP contribution in [0.15, 0.2) is 29.6 Å². The first kappa shape index (κ1) is 17.4. The van der Waals surface area contributed by atoms with E-state index in [-0.39, 0.29) is 18.9 Å². The van der Waals surface area contributed by atoms with Crippen LogP contribution in [-0.2, 0) is 17.4 Å². The lowest BCUT2D eigenvalue weighted by molar-refractivity contribution is -0.140. The van der Waals surface area contributed by atoms with Gasteiger partial charge in [0, 0.05) is 18.3 Å². The normalized spacial score (nSPS) is 12.9. The number of carbonyl (C=O) groups is 1. The SMILES string of the molecule is Cc1ccc(C(N)C(=O)NCCc2nc(C(F)(F)F)cs2)cc1. The van der Waals surface area contributed by atoms with Crippen LogP contribution in [0.4, 0.5) is 13.2 Å². The molecule has 124 valence electrons. The average molecular weight is 343 g/mol. The summed E-state index contributed by atoms with van der Waals surface area (Å²) < 4.78 is 37.3. The number of nitrogens with two attached hydrogens (primary N) is 1. The summed E-state index contributed by atoms with van der Waals surface area (Å²) in [7, 11) is 0. The van der Waals surface area contributed by atoms with E-state index in [1.165, 1.54) is 0 Å². The zero-order chi connectivity index (χ0) is 17.0. The fourth-order valence-electron chi connectivity index (χ4n) is 1.88. The number of halogens is 3. The Morgan fingerprint density at radius 1 is 1.35 bits per heavy atom. The van der Waals surface area contributed by atoms with Gasteiger partial charge in [-0.1, -0.05) is 29.8 Å². The van der Waals surface area contributed by atoms with Crippen LogP contribution in [-0.4, -0.2) is 17.4 Å². The van der Waals surface area contributed by atoms with Crippen LogP contribution in [0.1, 0.15) is 27.9 Å². The molecule has 1 heterocycles. The first-order chi connectivity index (χ1) is 10.8. The molecule has 1 aromatic heterocycles. The second-order valence-electron chi connectivity index (χ2n) is 5.05. The number of nitrogens with one attached hydrogen (secondary N) is 1. The minimum absolute atomic E-state index is 0.184. The quantitative estimate of drug-likeness (QED) is 0.877. The highest BCUT2D eigenvalue weighted by Gasteiger charge is 2.33. The predicted molar refractivity (Wildman–Crippen MR) is 81.9 cm³/mol. The molecule has 0 bridgehead atoms. The minimum Gasteiger partial charge on any atom is -0.354 e. The van der Waals surface area contributed by atoms with Crippen molar-refractivity contribution < 1.29 is 18.0 Å². The molecular weight excluding hydrogens is 327 g/mol. The predicted octanol–water partition coefficient (Wildman–Crippen LogP) is 2.83. The van der Waals surface area contributed by atoms with Gasteiger partial charge in [0.25, 0.3) is 0 Å². The van der Waals surface area contributed by atoms with Crippen LogP contribution in [0.5, 0.6) is 0 Å². The smallest absolute Gasteiger partial charge is 0.354 e. The highest BCUT2D eigenvalue weighted by atomic mass is 32.1. The molecule has 1 amide bonds. The van der Waals surface area contributed by atoms with E-state index >= 15 is 0 Å². The third-order valence-electron chi connectivity index (χ3n) is 3.20. The summed E-state index contributed by atoms with van der Waals surface area (Å²) in [6, 6.07) is 6.46. The summed E-state index contributed by atoms with van der Waals surface area (Å²) in [6.45, 7) is 2.11. The Balaban J connectivity index is 1.85. The molecule has 1 unspecified atom stereocenters. The highest BCUT2D eigenvalue weighted by Crippen LogP contribution is 2.30. The van der Waals surface area contributed by atoms with Crippen molar-refractivity contribution in [1.29, 1.82) is 0 Å². The molecule has 4 nitrogen and oxygen atoms in total. The lowest BCUT2D eigenvalue weighted by Crippen LogP contribution is -2.35. The maximum absolute atomic E-state index is 12.4. The number of hydrogen-bond acceptors (Lipinski definition) is 4. The number of amides is 1. The molecule has 0 fully saturated rings. The first-order valence-electron chi connectivity index (χ1n) is 6.89. The fraction of sp³-hybridized carbons (Fsp3) is 0.333. The number of alkyl halides is 3. The van der Waals surface area contributed by atoms with Crippen LogP contribution in [0.3, 0.4) is 0 Å². The van der Waals surface area contributed by atoms with E-state index in [1.54, 1.807) is 12.1 Å². The molecule has 2 rings (SSSR count). The molecule has 23 heavy (non-hydrogen) atoms. The minimum atomic E-state index is -4.44. The second kappa shape index (κ2) is 7.10. The maximum Gasteiger partial charge on any atom is 0.434 e. The molecule has 0 spiro atoms. The fourth-order valence-corrected chi connectivity index (χ4v) is 2.69. The van der Waals surface area contributed by atoms with E-state index in [0.29, 0.717) is 10.6 Å². The molecular formula is C15H16F3N3OS. The number of nitrogens with zero attached hydrogens (tertiary/aromatic N) is 1. The molecule has 0 aliphatic heterocycles. The summed E-state index contributed by atoms with van der Waals surface area (Å²) in [5.74, 6) is -0.374. The highest BCUT2D eigenvalue weighted by molar-refractivity contribution is 7.09. The van der Waals surface area contributed by atoms with Crippen LogP contribution < -0.4 is 11.1 Å². The molecule has 0 aliphatic carbocycles. The van der Waals surface area contributed by atoms with Crippen LogP contribution in [0.25, 0.3) is 0 Å². The Morgan fingerprint density at radius 3 is 2.57 bits per heavy atom. The summed E-state index contributed by atoms with van der Waals surface area (Å²) >= 11 is 0.921. The number of benzene rings is 1. The van der Waals surface area contributed by atoms with Gasteiger partial charge in [-0.2, -0.15) is 13.2 Å². The summed E-state index contributed by atoms with van der Waals surface area (Å²) in [4.78, 5) is 15.5. The zero-order valence-corrected chi connectivity index (χ0v) is 13.2. The van der Waals surface area contributed by atoms with Gasteiger partial charge in [0.2, 0.25) is 5.91 Å². The molecule has 2 aromatic rings. The summed E-state index contributed by atoms with van der Waals surface area (Å²) in [6.07, 6.45) is -4.21. The molecule has 3 N–H and O–H groups in total. The van der Waals surface area contributed by atoms with Gasteiger partial charge in [0.15, 0.2) is 5.69 Å². The zero-order valence-electron chi connectivity index (χ0n) is 12.4. The van der Waals surface area contributed by atoms with Gasteiger partial charge >= 0.3 is 6.18 Å². The molecule has 8 heteroatoms. The summed E-state index contributed by atoms with van der Waals surface area (Å²) in [5.41, 5.74) is 6.70. The second-order valence-corrected chi connectivity index (χ2v) is 6.00. The summed E-state index contributed by atoms with van der Waals surface area (Å²) in [5, 5.41) is 3.90. The van der Waals surface area contributed by atoms with Crippen molar-refractivity contribution in [3.63, 3.8) is 0 Å². The lowest BCUT2D eigenvalue weighted by atomic mass is 10.1. The van der Waals surface area contributed by atoms with E-state index in [9.17, 15) is 18.0 Å². The molecule has 0 aliphatic rings. The van der Waals surface area contributed by atoms with Gasteiger partial charge in [0.1, 0.15) is 6.04 Å². The number of rotatable bonds is 5. The van der Waals surface area contributed by atoms with Gasteiger partial charge in [-0.25, -0.2) is 4.98 Å². The van der Waals surface area contributed by atoms with Gasteiger partial charge in [-0.15, -0.1) is 11.3 Å². The Labute approximate surface area is 135 Å². The molecule has 0 saturated carbocycles. The van der Waals surface area contributed by atoms with Crippen molar-refractivity contribution in [2.45, 2.75) is 25.6 Å². The third-order valence-corrected chi connectivity index (χ3v) is 4.11. The number of carbonyl (C=O) groups excluding carboxylic acids is 1. The van der Waals surface area contributed by atoms with Crippen LogP contribution >= 0.6 is 11.3 Å². The number of thiazole rings is 1. The number of aromatic nitrogens is 1.